The Balaban J connectivity index is 1.03. The van der Waals surface area contributed by atoms with E-state index in [0.29, 0.717) is 22.5 Å². The topological polar surface area (TPSA) is 115 Å². The lowest BCUT2D eigenvalue weighted by Gasteiger charge is -2.23. The molecule has 2 aliphatic rings. The lowest BCUT2D eigenvalue weighted by atomic mass is 10.0. The van der Waals surface area contributed by atoms with E-state index in [-0.39, 0.29) is 12.0 Å². The van der Waals surface area contributed by atoms with E-state index in [4.69, 9.17) is 23.2 Å². The van der Waals surface area contributed by atoms with Gasteiger partial charge in [-0.3, -0.25) is 0 Å². The second kappa shape index (κ2) is 10.6. The van der Waals surface area contributed by atoms with E-state index in [0.717, 1.165) is 66.1 Å². The van der Waals surface area contributed by atoms with Crippen LogP contribution in [0.1, 0.15) is 44.0 Å². The molecule has 4 aromatic rings. The van der Waals surface area contributed by atoms with E-state index < -0.39 is 12.2 Å². The molecule has 0 spiro atoms. The van der Waals surface area contributed by atoms with Crippen molar-refractivity contribution in [1.29, 1.82) is 0 Å². The average molecular weight is 559 g/mol. The van der Waals surface area contributed by atoms with E-state index in [2.05, 4.69) is 37.2 Å². The molecule has 2 saturated carbocycles. The Hall–Kier alpha value is -2.43. The number of unbranched alkanes of at least 4 members (excludes halogenated alkanes) is 1. The molecule has 0 bridgehead atoms. The maximum atomic E-state index is 11.0. The van der Waals surface area contributed by atoms with Gasteiger partial charge in [-0.1, -0.05) is 23.2 Å². The number of fused-ring (bicyclic) bond motifs is 2. The SMILES string of the molecule is CN(CCCCc1nc2cc(Cl)c(Cl)cc2[nH]1)CC1CC(n2ccc3c(NC4CC4)ncnc32)C(O)C1O. The van der Waals surface area contributed by atoms with Crippen LogP contribution in [0.2, 0.25) is 10.0 Å². The van der Waals surface area contributed by atoms with Crippen LogP contribution in [0.25, 0.3) is 22.1 Å². The summed E-state index contributed by atoms with van der Waals surface area (Å²) in [6.07, 6.45) is 7.76. The summed E-state index contributed by atoms with van der Waals surface area (Å²) < 4.78 is 2.01. The molecule has 202 valence electrons. The Kier molecular flexibility index (Phi) is 7.22. The zero-order valence-electron chi connectivity index (χ0n) is 21.3. The molecule has 9 nitrogen and oxygen atoms in total. The Labute approximate surface area is 231 Å². The Morgan fingerprint density at radius 3 is 2.76 bits per heavy atom. The average Bonchev–Trinajstić information content (AvgIpc) is 3.36. The summed E-state index contributed by atoms with van der Waals surface area (Å²) in [6, 6.07) is 5.87. The summed E-state index contributed by atoms with van der Waals surface area (Å²) in [5.74, 6) is 1.75. The highest BCUT2D eigenvalue weighted by molar-refractivity contribution is 6.42. The van der Waals surface area contributed by atoms with Gasteiger partial charge in [-0.15, -0.1) is 0 Å². The summed E-state index contributed by atoms with van der Waals surface area (Å²) in [5.41, 5.74) is 2.52. The number of aromatic nitrogens is 5. The van der Waals surface area contributed by atoms with Crippen molar-refractivity contribution < 1.29 is 10.2 Å². The number of nitrogens with one attached hydrogen (secondary N) is 2. The zero-order valence-corrected chi connectivity index (χ0v) is 22.8. The van der Waals surface area contributed by atoms with Gasteiger partial charge in [-0.05, 0) is 63.9 Å². The highest BCUT2D eigenvalue weighted by Crippen LogP contribution is 2.38. The first-order valence-electron chi connectivity index (χ1n) is 13.3. The van der Waals surface area contributed by atoms with Gasteiger partial charge in [0.15, 0.2) is 0 Å². The first-order valence-corrected chi connectivity index (χ1v) is 14.1. The summed E-state index contributed by atoms with van der Waals surface area (Å²) in [5, 5.41) is 27.3. The predicted molar refractivity (Wildman–Crippen MR) is 150 cm³/mol. The van der Waals surface area contributed by atoms with Gasteiger partial charge >= 0.3 is 0 Å². The number of imidazole rings is 1. The van der Waals surface area contributed by atoms with Crippen LogP contribution in [0.15, 0.2) is 30.7 Å². The molecule has 1 aromatic carbocycles. The zero-order chi connectivity index (χ0) is 26.4. The highest BCUT2D eigenvalue weighted by atomic mass is 35.5. The largest absolute Gasteiger partial charge is 0.390 e. The fraction of sp³-hybridized carbons (Fsp3) is 0.519. The first-order chi connectivity index (χ1) is 18.4. The van der Waals surface area contributed by atoms with Crippen molar-refractivity contribution >= 4 is 51.1 Å². The molecule has 11 heteroatoms. The third-order valence-electron chi connectivity index (χ3n) is 7.88. The van der Waals surface area contributed by atoms with Crippen molar-refractivity contribution in [3.63, 3.8) is 0 Å². The molecule has 0 radical (unpaired) electrons. The van der Waals surface area contributed by atoms with Crippen LogP contribution in [0, 0.1) is 5.92 Å². The number of nitrogens with zero attached hydrogens (tertiary/aromatic N) is 5. The molecule has 0 amide bonds. The first kappa shape index (κ1) is 25.8. The third-order valence-corrected chi connectivity index (χ3v) is 8.60. The Morgan fingerprint density at radius 1 is 1.13 bits per heavy atom. The monoisotopic (exact) mass is 557 g/mol. The molecule has 6 rings (SSSR count). The third kappa shape index (κ3) is 5.22. The number of aromatic amines is 1. The Bertz CT molecular complexity index is 1400. The van der Waals surface area contributed by atoms with Gasteiger partial charge in [-0.25, -0.2) is 15.0 Å². The minimum absolute atomic E-state index is 0.0202. The van der Waals surface area contributed by atoms with Gasteiger partial charge in [-0.2, -0.15) is 0 Å². The van der Waals surface area contributed by atoms with Crippen LogP contribution in [-0.4, -0.2) is 78.0 Å². The van der Waals surface area contributed by atoms with Crippen LogP contribution < -0.4 is 5.32 Å². The summed E-state index contributed by atoms with van der Waals surface area (Å²) in [6.45, 7) is 1.62. The van der Waals surface area contributed by atoms with Crippen molar-refractivity contribution in [2.24, 2.45) is 5.92 Å². The Morgan fingerprint density at radius 2 is 1.95 bits per heavy atom. The fourth-order valence-corrected chi connectivity index (χ4v) is 5.99. The maximum absolute atomic E-state index is 11.0. The molecular weight excluding hydrogens is 525 g/mol. The number of benzene rings is 1. The number of anilines is 1. The van der Waals surface area contributed by atoms with Crippen LogP contribution in [0.4, 0.5) is 5.82 Å². The predicted octanol–water partition coefficient (Wildman–Crippen LogP) is 4.43. The number of hydrogen-bond donors (Lipinski definition) is 4. The number of hydrogen-bond acceptors (Lipinski definition) is 7. The molecule has 4 atom stereocenters. The number of H-pyrrole nitrogens is 1. The second-order valence-corrected chi connectivity index (χ2v) is 11.6. The molecule has 0 aliphatic heterocycles. The normalized spacial score (nSPS) is 23.7. The van der Waals surface area contributed by atoms with E-state index in [1.807, 2.05) is 22.9 Å². The summed E-state index contributed by atoms with van der Waals surface area (Å²) in [4.78, 5) is 19.1. The number of aryl methyl sites for hydroxylation is 1. The number of aliphatic hydroxyl groups is 2. The van der Waals surface area contributed by atoms with Gasteiger partial charge in [0.05, 0.1) is 38.6 Å². The van der Waals surface area contributed by atoms with Gasteiger partial charge in [0.1, 0.15) is 29.7 Å². The number of aliphatic hydroxyl groups excluding tert-OH is 2. The highest BCUT2D eigenvalue weighted by Gasteiger charge is 2.43. The van der Waals surface area contributed by atoms with Gasteiger partial charge < -0.3 is 30.0 Å². The van der Waals surface area contributed by atoms with Crippen molar-refractivity contribution in [3.8, 4) is 0 Å². The molecule has 2 aliphatic carbocycles. The van der Waals surface area contributed by atoms with Crippen LogP contribution in [0.5, 0.6) is 0 Å². The number of rotatable bonds is 10. The molecule has 4 unspecified atom stereocenters. The van der Waals surface area contributed by atoms with Crippen molar-refractivity contribution in [2.45, 2.75) is 62.8 Å². The van der Waals surface area contributed by atoms with Gasteiger partial charge in [0.25, 0.3) is 0 Å². The fourth-order valence-electron chi connectivity index (χ4n) is 5.67. The molecule has 38 heavy (non-hydrogen) atoms. The molecule has 2 fully saturated rings. The smallest absolute Gasteiger partial charge is 0.145 e. The van der Waals surface area contributed by atoms with Gasteiger partial charge in [0.2, 0.25) is 0 Å². The molecule has 3 aromatic heterocycles. The van der Waals surface area contributed by atoms with Gasteiger partial charge in [0, 0.05) is 31.1 Å². The minimum atomic E-state index is -0.839. The van der Waals surface area contributed by atoms with E-state index in [9.17, 15) is 10.2 Å². The summed E-state index contributed by atoms with van der Waals surface area (Å²) in [7, 11) is 2.08. The minimum Gasteiger partial charge on any atom is -0.390 e. The molecule has 3 heterocycles. The van der Waals surface area contributed by atoms with E-state index in [1.165, 1.54) is 12.8 Å². The van der Waals surface area contributed by atoms with E-state index >= 15 is 0 Å². The quantitative estimate of drug-likeness (QED) is 0.213. The molecule has 0 saturated heterocycles. The maximum Gasteiger partial charge on any atom is 0.145 e. The van der Waals surface area contributed by atoms with E-state index in [1.54, 1.807) is 12.4 Å². The van der Waals surface area contributed by atoms with Crippen molar-refractivity contribution in [2.75, 3.05) is 25.5 Å². The lowest BCUT2D eigenvalue weighted by Crippen LogP contribution is -2.35. The molecular formula is C27H33Cl2N7O2. The second-order valence-electron chi connectivity index (χ2n) is 10.8. The van der Waals surface area contributed by atoms with Crippen molar-refractivity contribution in [3.05, 3.63) is 46.6 Å². The van der Waals surface area contributed by atoms with Crippen LogP contribution >= 0.6 is 23.2 Å². The van der Waals surface area contributed by atoms with Crippen LogP contribution in [-0.2, 0) is 6.42 Å². The summed E-state index contributed by atoms with van der Waals surface area (Å²) >= 11 is 12.2. The van der Waals surface area contributed by atoms with Crippen LogP contribution in [0.3, 0.4) is 0 Å². The molecule has 4 N–H and O–H groups in total. The lowest BCUT2D eigenvalue weighted by molar-refractivity contribution is 0.00167. The number of halogens is 2. The van der Waals surface area contributed by atoms with Crippen molar-refractivity contribution in [1.82, 2.24) is 29.4 Å². The standard InChI is InChI=1S/C27H33Cl2N7O2/c1-35(8-3-2-4-23-33-20-11-18(28)19(29)12-21(20)34-23)13-15-10-22(25(38)24(15)37)36-9-7-17-26(32-16-5-6-16)30-14-31-27(17)36/h7,9,11-12,14-16,22,24-25,37-38H,2-6,8,10,13H2,1H3,(H,33,34)(H,30,31,32).